The highest BCUT2D eigenvalue weighted by Crippen LogP contribution is 2.14. The van der Waals surface area contributed by atoms with Gasteiger partial charge in [0.15, 0.2) is 0 Å². The van der Waals surface area contributed by atoms with Crippen LogP contribution in [0.2, 0.25) is 0 Å². The molecule has 1 aliphatic rings. The van der Waals surface area contributed by atoms with Gasteiger partial charge in [-0.2, -0.15) is 0 Å². The normalized spacial score (nSPS) is 27.1. The van der Waals surface area contributed by atoms with Crippen LogP contribution in [0.3, 0.4) is 0 Å². The van der Waals surface area contributed by atoms with Crippen molar-refractivity contribution in [3.63, 3.8) is 0 Å². The molecular weight excluding hydrogens is 178 g/mol. The Bertz CT molecular complexity index is 325. The lowest BCUT2D eigenvalue weighted by Crippen LogP contribution is -2.52. The van der Waals surface area contributed by atoms with Gasteiger partial charge in [0.1, 0.15) is 6.04 Å². The maximum Gasteiger partial charge on any atom is 0.241 e. The highest BCUT2D eigenvalue weighted by Gasteiger charge is 2.25. The Balaban J connectivity index is 2.16. The number of nitrogens with one attached hydrogen (secondary N) is 2. The van der Waals surface area contributed by atoms with E-state index < -0.39 is 0 Å². The second-order valence-corrected chi connectivity index (χ2v) is 3.53. The molecule has 1 aliphatic heterocycles. The van der Waals surface area contributed by atoms with Crippen LogP contribution in [0.1, 0.15) is 18.5 Å². The zero-order valence-corrected chi connectivity index (χ0v) is 8.03. The fourth-order valence-corrected chi connectivity index (χ4v) is 1.59. The van der Waals surface area contributed by atoms with Crippen molar-refractivity contribution in [2.75, 3.05) is 6.54 Å². The summed E-state index contributed by atoms with van der Waals surface area (Å²) in [5.74, 6) is 0.0370. The van der Waals surface area contributed by atoms with Crippen molar-refractivity contribution in [2.45, 2.75) is 19.0 Å². The van der Waals surface area contributed by atoms with Crippen molar-refractivity contribution in [1.82, 2.24) is 15.6 Å². The van der Waals surface area contributed by atoms with Crippen molar-refractivity contribution in [3.8, 4) is 0 Å². The number of rotatable bonds is 1. The van der Waals surface area contributed by atoms with Crippen molar-refractivity contribution < 1.29 is 4.79 Å². The average molecular weight is 191 g/mol. The summed E-state index contributed by atoms with van der Waals surface area (Å²) in [6.45, 7) is 2.78. The van der Waals surface area contributed by atoms with Crippen molar-refractivity contribution in [1.29, 1.82) is 0 Å². The molecule has 0 bridgehead atoms. The van der Waals surface area contributed by atoms with Gasteiger partial charge in [-0.3, -0.25) is 9.78 Å². The Morgan fingerprint density at radius 2 is 2.14 bits per heavy atom. The number of nitrogens with zero attached hydrogens (tertiary/aromatic N) is 1. The summed E-state index contributed by atoms with van der Waals surface area (Å²) in [7, 11) is 0. The van der Waals surface area contributed by atoms with Gasteiger partial charge in [-0.1, -0.05) is 0 Å². The molecule has 14 heavy (non-hydrogen) atoms. The van der Waals surface area contributed by atoms with E-state index in [9.17, 15) is 4.79 Å². The lowest BCUT2D eigenvalue weighted by molar-refractivity contribution is -0.125. The first kappa shape index (κ1) is 9.15. The molecule has 0 aromatic carbocycles. The van der Waals surface area contributed by atoms with E-state index in [-0.39, 0.29) is 18.0 Å². The van der Waals surface area contributed by atoms with Crippen molar-refractivity contribution in [2.24, 2.45) is 0 Å². The smallest absolute Gasteiger partial charge is 0.241 e. The van der Waals surface area contributed by atoms with Crippen LogP contribution in [-0.4, -0.2) is 23.5 Å². The Hall–Kier alpha value is -1.42. The van der Waals surface area contributed by atoms with E-state index in [0.29, 0.717) is 0 Å². The zero-order chi connectivity index (χ0) is 9.97. The van der Waals surface area contributed by atoms with Gasteiger partial charge in [0.2, 0.25) is 5.91 Å². The molecule has 0 spiro atoms. The fourth-order valence-electron chi connectivity index (χ4n) is 1.59. The predicted octanol–water partition coefficient (Wildman–Crippen LogP) is 0.231. The quantitative estimate of drug-likeness (QED) is 0.668. The number of aromatic nitrogens is 1. The standard InChI is InChI=1S/C10H13N3O/c1-7-6-12-9(10(14)13-7)8-2-4-11-5-3-8/h2-5,7,9,12H,6H2,1H3,(H,13,14)/t7-,9+/m1/s1. The summed E-state index contributed by atoms with van der Waals surface area (Å²) in [5.41, 5.74) is 0.962. The van der Waals surface area contributed by atoms with Gasteiger partial charge in [-0.15, -0.1) is 0 Å². The van der Waals surface area contributed by atoms with Crippen LogP contribution in [0, 0.1) is 0 Å². The minimum Gasteiger partial charge on any atom is -0.351 e. The number of piperazine rings is 1. The first-order valence-corrected chi connectivity index (χ1v) is 4.71. The summed E-state index contributed by atoms with van der Waals surface area (Å²) >= 11 is 0. The molecule has 1 fully saturated rings. The highest BCUT2D eigenvalue weighted by atomic mass is 16.2. The molecule has 1 saturated heterocycles. The molecule has 74 valence electrons. The van der Waals surface area contributed by atoms with Crippen LogP contribution in [0.15, 0.2) is 24.5 Å². The van der Waals surface area contributed by atoms with E-state index in [1.165, 1.54) is 0 Å². The summed E-state index contributed by atoms with van der Waals surface area (Å²) in [4.78, 5) is 15.5. The van der Waals surface area contributed by atoms with Crippen LogP contribution < -0.4 is 10.6 Å². The van der Waals surface area contributed by atoms with Crippen molar-refractivity contribution >= 4 is 5.91 Å². The number of amides is 1. The summed E-state index contributed by atoms with van der Waals surface area (Å²) in [6.07, 6.45) is 3.39. The Labute approximate surface area is 82.7 Å². The molecule has 0 saturated carbocycles. The highest BCUT2D eigenvalue weighted by molar-refractivity contribution is 5.84. The van der Waals surface area contributed by atoms with E-state index in [4.69, 9.17) is 0 Å². The Morgan fingerprint density at radius 1 is 1.43 bits per heavy atom. The lowest BCUT2D eigenvalue weighted by Gasteiger charge is -2.28. The molecule has 2 rings (SSSR count). The molecule has 1 aromatic rings. The molecule has 1 amide bonds. The van der Waals surface area contributed by atoms with Gasteiger partial charge >= 0.3 is 0 Å². The first-order chi connectivity index (χ1) is 6.77. The molecule has 4 heteroatoms. The lowest BCUT2D eigenvalue weighted by atomic mass is 10.0. The number of carbonyl (C=O) groups is 1. The molecule has 0 unspecified atom stereocenters. The molecular formula is C10H13N3O. The maximum absolute atomic E-state index is 11.6. The average Bonchev–Trinajstić information content (AvgIpc) is 2.19. The van der Waals surface area contributed by atoms with E-state index >= 15 is 0 Å². The van der Waals surface area contributed by atoms with Gasteiger partial charge in [-0.05, 0) is 24.6 Å². The second kappa shape index (κ2) is 3.75. The van der Waals surface area contributed by atoms with Gasteiger partial charge < -0.3 is 10.6 Å². The first-order valence-electron chi connectivity index (χ1n) is 4.71. The van der Waals surface area contributed by atoms with Crippen molar-refractivity contribution in [3.05, 3.63) is 30.1 Å². The number of carbonyl (C=O) groups excluding carboxylic acids is 1. The monoisotopic (exact) mass is 191 g/mol. The number of hydrogen-bond acceptors (Lipinski definition) is 3. The number of pyridine rings is 1. The van der Waals surface area contributed by atoms with Gasteiger partial charge in [0, 0.05) is 25.0 Å². The molecule has 0 radical (unpaired) electrons. The van der Waals surface area contributed by atoms with E-state index in [1.807, 2.05) is 19.1 Å². The van der Waals surface area contributed by atoms with Gasteiger partial charge in [0.25, 0.3) is 0 Å². The second-order valence-electron chi connectivity index (χ2n) is 3.53. The zero-order valence-electron chi connectivity index (χ0n) is 8.03. The summed E-state index contributed by atoms with van der Waals surface area (Å²) in [6, 6.07) is 3.69. The van der Waals surface area contributed by atoms with Crippen LogP contribution in [-0.2, 0) is 4.79 Å². The van der Waals surface area contributed by atoms with E-state index in [1.54, 1.807) is 12.4 Å². The van der Waals surface area contributed by atoms with Crippen LogP contribution in [0.25, 0.3) is 0 Å². The topological polar surface area (TPSA) is 54.0 Å². The van der Waals surface area contributed by atoms with Crippen LogP contribution in [0.4, 0.5) is 0 Å². The van der Waals surface area contributed by atoms with Crippen LogP contribution in [0.5, 0.6) is 0 Å². The molecule has 0 aliphatic carbocycles. The van der Waals surface area contributed by atoms with Gasteiger partial charge in [0.05, 0.1) is 0 Å². The summed E-state index contributed by atoms with van der Waals surface area (Å²) in [5, 5.41) is 6.10. The van der Waals surface area contributed by atoms with E-state index in [0.717, 1.165) is 12.1 Å². The van der Waals surface area contributed by atoms with E-state index in [2.05, 4.69) is 15.6 Å². The third-order valence-corrected chi connectivity index (χ3v) is 2.32. The Morgan fingerprint density at radius 3 is 2.79 bits per heavy atom. The molecule has 2 N–H and O–H groups in total. The Kier molecular flexibility index (Phi) is 2.45. The van der Waals surface area contributed by atoms with Crippen LogP contribution >= 0.6 is 0 Å². The van der Waals surface area contributed by atoms with Gasteiger partial charge in [-0.25, -0.2) is 0 Å². The molecule has 2 heterocycles. The molecule has 4 nitrogen and oxygen atoms in total. The third-order valence-electron chi connectivity index (χ3n) is 2.32. The molecule has 2 atom stereocenters. The maximum atomic E-state index is 11.6. The summed E-state index contributed by atoms with van der Waals surface area (Å²) < 4.78 is 0. The minimum atomic E-state index is -0.228. The molecule has 1 aromatic heterocycles. The fraction of sp³-hybridized carbons (Fsp3) is 0.400. The minimum absolute atomic E-state index is 0.0370. The third kappa shape index (κ3) is 1.75. The predicted molar refractivity (Wildman–Crippen MR) is 52.6 cm³/mol. The number of hydrogen-bond donors (Lipinski definition) is 2. The largest absolute Gasteiger partial charge is 0.351 e. The SMILES string of the molecule is C[C@@H]1CN[C@@H](c2ccncc2)C(=O)N1.